The summed E-state index contributed by atoms with van der Waals surface area (Å²) in [6.45, 7) is 0. The lowest BCUT2D eigenvalue weighted by Gasteiger charge is -2.43. The smallest absolute Gasteiger partial charge is 0.416 e. The number of hydrogen-bond donors (Lipinski definition) is 1. The third kappa shape index (κ3) is 5.27. The molecule has 1 N–H and O–H groups in total. The molecule has 1 aliphatic carbocycles. The third-order valence-electron chi connectivity index (χ3n) is 6.09. The number of carbonyl (C=O) groups is 1. The molecule has 0 saturated heterocycles. The molecular formula is C25H17ClF8N2O2. The number of hydrogen-bond acceptors (Lipinski definition) is 3. The maximum Gasteiger partial charge on any atom is 0.416 e. The highest BCUT2D eigenvalue weighted by Gasteiger charge is 2.74. The minimum Gasteiger partial charge on any atom is -0.439 e. The molecule has 3 aromatic rings. The predicted octanol–water partition coefficient (Wildman–Crippen LogP) is 7.15. The molecule has 0 aliphatic heterocycles. The van der Waals surface area contributed by atoms with E-state index >= 15 is 0 Å². The Labute approximate surface area is 215 Å². The molecule has 1 aliphatic rings. The fourth-order valence-corrected chi connectivity index (χ4v) is 4.21. The van der Waals surface area contributed by atoms with Gasteiger partial charge in [-0.1, -0.05) is 41.9 Å². The molecule has 1 fully saturated rings. The van der Waals surface area contributed by atoms with Gasteiger partial charge in [0.2, 0.25) is 0 Å². The summed E-state index contributed by atoms with van der Waals surface area (Å²) >= 11 is 5.90. The van der Waals surface area contributed by atoms with Crippen molar-refractivity contribution >= 4 is 17.7 Å². The molecule has 4 nitrogen and oxygen atoms in total. The SMILES string of the molecule is O=C(N[C@@](Cc1ccccc1)(c1cc(F)cc(C(F)(F)F)c1)c1ccc(Cl)cn1)OC1CC(F)(F)C1(F)F. The molecule has 38 heavy (non-hydrogen) atoms. The van der Waals surface area contributed by atoms with Crippen LogP contribution >= 0.6 is 11.6 Å². The Hall–Kier alpha value is -3.41. The van der Waals surface area contributed by atoms with Crippen molar-refractivity contribution in [2.45, 2.75) is 42.5 Å². The largest absolute Gasteiger partial charge is 0.439 e. The molecule has 2 aromatic carbocycles. The van der Waals surface area contributed by atoms with Gasteiger partial charge in [-0.2, -0.15) is 30.7 Å². The van der Waals surface area contributed by atoms with E-state index in [0.29, 0.717) is 17.7 Å². The van der Waals surface area contributed by atoms with Gasteiger partial charge in [-0.25, -0.2) is 9.18 Å². The minimum atomic E-state index is -5.00. The summed E-state index contributed by atoms with van der Waals surface area (Å²) in [4.78, 5) is 16.9. The van der Waals surface area contributed by atoms with Gasteiger partial charge < -0.3 is 10.1 Å². The number of rotatable bonds is 6. The lowest BCUT2D eigenvalue weighted by Crippen LogP contribution is -2.64. The molecule has 202 valence electrons. The van der Waals surface area contributed by atoms with E-state index in [-0.39, 0.29) is 23.2 Å². The number of amides is 1. The first-order chi connectivity index (χ1) is 17.6. The average Bonchev–Trinajstić information content (AvgIpc) is 2.83. The third-order valence-corrected chi connectivity index (χ3v) is 6.32. The van der Waals surface area contributed by atoms with E-state index in [1.165, 1.54) is 12.1 Å². The number of aromatic nitrogens is 1. The van der Waals surface area contributed by atoms with Gasteiger partial charge in [0.25, 0.3) is 0 Å². The summed E-state index contributed by atoms with van der Waals surface area (Å²) < 4.78 is 114. The Balaban J connectivity index is 1.86. The van der Waals surface area contributed by atoms with Crippen LogP contribution in [-0.2, 0) is 22.9 Å². The zero-order chi connectivity index (χ0) is 27.9. The van der Waals surface area contributed by atoms with E-state index in [4.69, 9.17) is 11.6 Å². The molecule has 0 radical (unpaired) electrons. The Morgan fingerprint density at radius 2 is 1.68 bits per heavy atom. The van der Waals surface area contributed by atoms with Crippen molar-refractivity contribution in [1.29, 1.82) is 0 Å². The Bertz CT molecular complexity index is 1320. The molecule has 13 heteroatoms. The van der Waals surface area contributed by atoms with Crippen LogP contribution in [0.5, 0.6) is 0 Å². The van der Waals surface area contributed by atoms with E-state index in [0.717, 1.165) is 6.20 Å². The highest BCUT2D eigenvalue weighted by molar-refractivity contribution is 6.30. The number of alkyl carbamates (subject to hydrolysis) is 1. The fraction of sp³-hybridized carbons (Fsp3) is 0.280. The molecule has 1 amide bonds. The molecular weight excluding hydrogens is 548 g/mol. The van der Waals surface area contributed by atoms with Crippen LogP contribution in [0.2, 0.25) is 5.02 Å². The summed E-state index contributed by atoms with van der Waals surface area (Å²) in [6, 6.07) is 11.9. The summed E-state index contributed by atoms with van der Waals surface area (Å²) in [5.74, 6) is -10.4. The summed E-state index contributed by atoms with van der Waals surface area (Å²) in [6.07, 6.45) is -9.87. The maximum atomic E-state index is 14.5. The first kappa shape index (κ1) is 27.6. The van der Waals surface area contributed by atoms with Gasteiger partial charge in [-0.05, 0) is 41.5 Å². The van der Waals surface area contributed by atoms with Crippen LogP contribution in [0.15, 0.2) is 66.9 Å². The first-order valence-electron chi connectivity index (χ1n) is 10.9. The second-order valence-corrected chi connectivity index (χ2v) is 9.14. The molecule has 0 bridgehead atoms. The van der Waals surface area contributed by atoms with Gasteiger partial charge in [0.15, 0.2) is 6.10 Å². The van der Waals surface area contributed by atoms with E-state index in [2.05, 4.69) is 15.0 Å². The van der Waals surface area contributed by atoms with Gasteiger partial charge in [0, 0.05) is 12.6 Å². The van der Waals surface area contributed by atoms with E-state index < -0.39 is 59.1 Å². The van der Waals surface area contributed by atoms with Crippen molar-refractivity contribution in [3.05, 3.63) is 100 Å². The van der Waals surface area contributed by atoms with Crippen LogP contribution in [0.25, 0.3) is 0 Å². The van der Waals surface area contributed by atoms with Crippen LogP contribution < -0.4 is 5.32 Å². The molecule has 0 spiro atoms. The van der Waals surface area contributed by atoms with Crippen LogP contribution in [0, 0.1) is 5.82 Å². The number of ether oxygens (including phenoxy) is 1. The van der Waals surface area contributed by atoms with Crippen LogP contribution in [0.1, 0.15) is 28.8 Å². The Morgan fingerprint density at radius 3 is 2.24 bits per heavy atom. The molecule has 1 unspecified atom stereocenters. The number of benzene rings is 2. The average molecular weight is 565 g/mol. The summed E-state index contributed by atoms with van der Waals surface area (Å²) in [5.41, 5.74) is -3.77. The predicted molar refractivity (Wildman–Crippen MR) is 119 cm³/mol. The minimum absolute atomic E-state index is 0.108. The molecule has 4 rings (SSSR count). The van der Waals surface area contributed by atoms with Crippen molar-refractivity contribution < 1.29 is 44.7 Å². The van der Waals surface area contributed by atoms with Crippen LogP contribution in [-0.4, -0.2) is 29.0 Å². The molecule has 1 heterocycles. The maximum absolute atomic E-state index is 14.5. The van der Waals surface area contributed by atoms with E-state index in [1.54, 1.807) is 30.3 Å². The van der Waals surface area contributed by atoms with Crippen molar-refractivity contribution in [3.63, 3.8) is 0 Å². The standard InChI is InChI=1S/C25H17ClF8N2O2/c26-17-6-7-19(35-13-17)22(11-14-4-2-1-3-5-14,15-8-16(25(32,33)34)10-18(27)9-15)36-21(37)38-20-12-23(28,29)24(20,30)31/h1-10,13,20H,11-12H2,(H,36,37)/t20?,22-/m0/s1. The second kappa shape index (κ2) is 9.72. The topological polar surface area (TPSA) is 51.2 Å². The lowest BCUT2D eigenvalue weighted by molar-refractivity contribution is -0.329. The number of alkyl halides is 7. The van der Waals surface area contributed by atoms with Gasteiger partial charge >= 0.3 is 24.1 Å². The number of pyridine rings is 1. The zero-order valence-electron chi connectivity index (χ0n) is 19.0. The van der Waals surface area contributed by atoms with E-state index in [1.807, 2.05) is 0 Å². The van der Waals surface area contributed by atoms with Gasteiger partial charge in [0.05, 0.1) is 22.7 Å². The van der Waals surface area contributed by atoms with Crippen LogP contribution in [0.3, 0.4) is 0 Å². The van der Waals surface area contributed by atoms with Gasteiger partial charge in [-0.3, -0.25) is 4.98 Å². The summed E-state index contributed by atoms with van der Waals surface area (Å²) in [5, 5.41) is 2.33. The lowest BCUT2D eigenvalue weighted by atomic mass is 9.80. The molecule has 1 saturated carbocycles. The van der Waals surface area contributed by atoms with Crippen molar-refractivity contribution in [1.82, 2.24) is 10.3 Å². The number of halogens is 9. The fourth-order valence-electron chi connectivity index (χ4n) is 4.10. The van der Waals surface area contributed by atoms with Crippen molar-refractivity contribution in [2.24, 2.45) is 0 Å². The van der Waals surface area contributed by atoms with Crippen LogP contribution in [0.4, 0.5) is 39.9 Å². The number of nitrogens with zero attached hydrogens (tertiary/aromatic N) is 1. The molecule has 2 atom stereocenters. The monoisotopic (exact) mass is 564 g/mol. The number of nitrogens with one attached hydrogen (secondary N) is 1. The zero-order valence-corrected chi connectivity index (χ0v) is 19.8. The van der Waals surface area contributed by atoms with Crippen molar-refractivity contribution in [2.75, 3.05) is 0 Å². The van der Waals surface area contributed by atoms with Gasteiger partial charge in [0.1, 0.15) is 11.4 Å². The Morgan fingerprint density at radius 1 is 1.03 bits per heavy atom. The first-order valence-corrected chi connectivity index (χ1v) is 11.3. The summed E-state index contributed by atoms with van der Waals surface area (Å²) in [7, 11) is 0. The highest BCUT2D eigenvalue weighted by Crippen LogP contribution is 2.52. The Kier molecular flexibility index (Phi) is 7.06. The molecule has 1 aromatic heterocycles. The number of carbonyl (C=O) groups excluding carboxylic acids is 1. The van der Waals surface area contributed by atoms with Crippen molar-refractivity contribution in [3.8, 4) is 0 Å². The van der Waals surface area contributed by atoms with Gasteiger partial charge in [-0.15, -0.1) is 0 Å². The second-order valence-electron chi connectivity index (χ2n) is 8.71. The van der Waals surface area contributed by atoms with E-state index in [9.17, 15) is 39.9 Å². The quantitative estimate of drug-likeness (QED) is 0.324. The normalized spacial score (nSPS) is 19.7. The highest BCUT2D eigenvalue weighted by atomic mass is 35.5.